The zero-order valence-electron chi connectivity index (χ0n) is 58.4. The van der Waals surface area contributed by atoms with Gasteiger partial charge in [-0.1, -0.05) is 88.4 Å². The first-order valence-corrected chi connectivity index (χ1v) is 40.4. The summed E-state index contributed by atoms with van der Waals surface area (Å²) in [4.78, 5) is 36.8. The molecular weight excluding hydrogens is 1530 g/mol. The molecule has 0 spiro atoms. The second-order valence-corrected chi connectivity index (χ2v) is 34.1. The molecule has 0 saturated carbocycles. The Labute approximate surface area is 619 Å². The number of nitrogens with zero attached hydrogens (tertiary/aromatic N) is 2. The van der Waals surface area contributed by atoms with E-state index in [-0.39, 0.29) is 128 Å². The van der Waals surface area contributed by atoms with E-state index in [1.54, 1.807) is 127 Å². The summed E-state index contributed by atoms with van der Waals surface area (Å²) in [5.74, 6) is 2.14. The summed E-state index contributed by atoms with van der Waals surface area (Å²) in [6, 6.07) is 40.6. The first-order chi connectivity index (χ1) is 48.6. The Hall–Kier alpha value is -6.61. The van der Waals surface area contributed by atoms with E-state index in [0.717, 1.165) is 0 Å². The average Bonchev–Trinajstić information content (AvgIpc) is 1.67. The van der Waals surface area contributed by atoms with Crippen molar-refractivity contribution in [2.75, 3.05) is 86.2 Å². The van der Waals surface area contributed by atoms with E-state index in [1.807, 2.05) is 33.8 Å². The number of sulfonamides is 2. The zero-order chi connectivity index (χ0) is 73.2. The number of carbonyl (C=O) groups excluding carboxylic acids is 2. The van der Waals surface area contributed by atoms with Gasteiger partial charge in [-0.2, -0.15) is 8.61 Å². The van der Waals surface area contributed by atoms with Crippen LogP contribution >= 0.6 is 38.9 Å². The highest BCUT2D eigenvalue weighted by Crippen LogP contribution is 2.44. The molecule has 103 heavy (non-hydrogen) atoms. The van der Waals surface area contributed by atoms with E-state index >= 15 is 0 Å². The van der Waals surface area contributed by atoms with Crippen LogP contribution in [0.15, 0.2) is 168 Å². The topological polar surface area (TPSA) is 339 Å². The van der Waals surface area contributed by atoms with E-state index in [4.69, 9.17) is 56.4 Å². The number of rotatable bonds is 34. The zero-order valence-corrected chi connectivity index (χ0v) is 64.1. The molecule has 5 N–H and O–H groups in total. The molecule has 4 aliphatic rings. The van der Waals surface area contributed by atoms with Crippen molar-refractivity contribution >= 4 is 71.2 Å². The van der Waals surface area contributed by atoms with Crippen molar-refractivity contribution in [3.63, 3.8) is 0 Å². The van der Waals surface area contributed by atoms with Gasteiger partial charge in [0.15, 0.2) is 25.3 Å². The minimum absolute atomic E-state index is 0. The van der Waals surface area contributed by atoms with Crippen molar-refractivity contribution in [1.82, 2.24) is 19.2 Å². The number of amides is 2. The molecule has 0 bridgehead atoms. The fraction of sp³-hybridized carbons (Fsp3) is 0.465. The van der Waals surface area contributed by atoms with Crippen molar-refractivity contribution in [3.05, 3.63) is 169 Å². The molecule has 4 aliphatic heterocycles. The minimum Gasteiger partial charge on any atom is -0.497 e. The predicted octanol–water partition coefficient (Wildman–Crippen LogP) is 10.1. The maximum atomic E-state index is 13.8. The predicted molar refractivity (Wildman–Crippen MR) is 391 cm³/mol. The molecule has 10 rings (SSSR count). The Balaban J connectivity index is 0.000000259. The molecule has 4 saturated heterocycles. The minimum atomic E-state index is -4.12. The number of benzene rings is 6. The van der Waals surface area contributed by atoms with Gasteiger partial charge in [0.2, 0.25) is 20.0 Å². The SMILES string of the molecule is COc1ccc(S(=O)(=O)N(CC(C)C)C[C@@H](O)[C@H](Cc2ccc(OCP(=O)(O)Oc3ccccc3)cc2)NC(=O)O[C@H]2CO[C@H]3OCC[C@H]32)cc1.COc1ccc(S(=O)(=O)N(CC(C)C)C[C@@H](O)[C@H](Cc2ccc(OCP(C)(=O)Oc3ccccc3)cc2)NC(=O)O[C@H]2CO[C@H]3OCC[C@H]32)cc1.I. The van der Waals surface area contributed by atoms with Crippen LogP contribution in [0.5, 0.6) is 34.5 Å². The summed E-state index contributed by atoms with van der Waals surface area (Å²) in [6.45, 7) is 10.0. The van der Waals surface area contributed by atoms with Gasteiger partial charge in [-0.25, -0.2) is 31.0 Å². The number of aliphatic hydroxyl groups is 2. The number of methoxy groups -OCH3 is 2. The van der Waals surface area contributed by atoms with Crippen LogP contribution in [0.25, 0.3) is 0 Å². The molecule has 4 fully saturated rings. The molecule has 27 nitrogen and oxygen atoms in total. The summed E-state index contributed by atoms with van der Waals surface area (Å²) in [5, 5.41) is 28.8. The number of nitrogens with one attached hydrogen (secondary N) is 2. The molecule has 6 aromatic rings. The Morgan fingerprint density at radius 1 is 0.515 bits per heavy atom. The molecule has 6 aromatic carbocycles. The second-order valence-electron chi connectivity index (χ2n) is 26.1. The van der Waals surface area contributed by atoms with Crippen LogP contribution in [-0.2, 0) is 70.4 Å². The third-order valence-corrected chi connectivity index (χ3v) is 22.8. The van der Waals surface area contributed by atoms with Crippen LogP contribution in [0, 0.1) is 23.7 Å². The first-order valence-electron chi connectivity index (χ1n) is 33.5. The van der Waals surface area contributed by atoms with Crippen molar-refractivity contribution in [2.45, 2.75) is 112 Å². The van der Waals surface area contributed by atoms with Crippen molar-refractivity contribution < 1.29 is 107 Å². The number of alkyl carbamates (subject to hydrolysis) is 2. The Morgan fingerprint density at radius 3 is 1.26 bits per heavy atom. The first kappa shape index (κ1) is 82.1. The Morgan fingerprint density at radius 2 is 0.883 bits per heavy atom. The Kier molecular flexibility index (Phi) is 30.3. The van der Waals surface area contributed by atoms with Gasteiger partial charge in [0.1, 0.15) is 46.7 Å². The monoisotopic (exact) mass is 1620 g/mol. The van der Waals surface area contributed by atoms with Gasteiger partial charge in [-0.3, -0.25) is 4.57 Å². The summed E-state index contributed by atoms with van der Waals surface area (Å²) in [7, 11) is -12.3. The third kappa shape index (κ3) is 24.2. The number of halogens is 1. The highest BCUT2D eigenvalue weighted by molar-refractivity contribution is 14.0. The molecule has 32 heteroatoms. The molecule has 0 radical (unpaired) electrons. The molecule has 0 aromatic heterocycles. The lowest BCUT2D eigenvalue weighted by Crippen LogP contribution is -2.51. The van der Waals surface area contributed by atoms with E-state index in [9.17, 15) is 50.7 Å². The number of fused-ring (bicyclic) bond motifs is 2. The van der Waals surface area contributed by atoms with E-state index in [0.29, 0.717) is 60.2 Å². The standard InChI is InChI=1S/C36H47N2O11PS.C35H45N2O12PS.HI/c1-25(2)21-38(51(42,43)30-16-14-27(44-3)15-17-30)22-33(39)32(37-36(40)48-34-23-46-35-31(34)18-19-45-35)20-26-10-12-28(13-11-26)47-24-50(4,41)49-29-8-6-5-7-9-29;1-24(2)20-37(51(42,43)29-15-13-26(44-3)14-16-29)21-32(38)31(36-35(39)48-33-22-46-34-30(33)17-18-45-34)19-25-9-11-27(12-10-25)47-23-50(40,41)49-28-7-5-4-6-8-28;/h5-17,25,31-35,39H,18-24H2,1-4H3,(H,37,40);4-16,24,30-34,38H,17-23H2,1-3H3,(H,36,39)(H,40,41);1H/t31-,32-,33+,34-,35+,50?;30-,31-,32+,33-,34+;/m00./s1. The third-order valence-electron chi connectivity index (χ3n) is 17.0. The lowest BCUT2D eigenvalue weighted by Gasteiger charge is -2.31. The van der Waals surface area contributed by atoms with Crippen LogP contribution in [0.4, 0.5) is 9.59 Å². The van der Waals surface area contributed by atoms with Crippen molar-refractivity contribution in [3.8, 4) is 34.5 Å². The molecule has 4 heterocycles. The van der Waals surface area contributed by atoms with E-state index in [1.165, 1.54) is 53.8 Å². The van der Waals surface area contributed by atoms with Crippen molar-refractivity contribution in [1.29, 1.82) is 0 Å². The van der Waals surface area contributed by atoms with Crippen LogP contribution < -0.4 is 38.6 Å². The summed E-state index contributed by atoms with van der Waals surface area (Å²) >= 11 is 0. The fourth-order valence-electron chi connectivity index (χ4n) is 11.8. The highest BCUT2D eigenvalue weighted by atomic mass is 127. The largest absolute Gasteiger partial charge is 0.497 e. The van der Waals surface area contributed by atoms with Gasteiger partial charge in [-0.15, -0.1) is 24.0 Å². The van der Waals surface area contributed by atoms with Gasteiger partial charge in [0, 0.05) is 32.8 Å². The number of aliphatic hydroxyl groups excluding tert-OH is 2. The van der Waals surface area contributed by atoms with Crippen LogP contribution in [0.1, 0.15) is 51.7 Å². The normalized spacial score (nSPS) is 20.8. The van der Waals surface area contributed by atoms with Crippen LogP contribution in [0.2, 0.25) is 0 Å². The number of hydrogen-bond acceptors (Lipinski definition) is 22. The summed E-state index contributed by atoms with van der Waals surface area (Å²) < 4.78 is 149. The summed E-state index contributed by atoms with van der Waals surface area (Å²) in [5.41, 5.74) is 1.37. The number of hydrogen-bond donors (Lipinski definition) is 5. The molecular formula is C71H93IN4O23P2S2. The van der Waals surface area contributed by atoms with Crippen LogP contribution in [0.3, 0.4) is 0 Å². The van der Waals surface area contributed by atoms with Crippen LogP contribution in [-0.4, -0.2) is 188 Å². The summed E-state index contributed by atoms with van der Waals surface area (Å²) in [6.07, 6.45) is -5.28. The molecule has 12 atom stereocenters. The Bertz CT molecular complexity index is 3720. The lowest BCUT2D eigenvalue weighted by molar-refractivity contribution is -0.0909. The smallest absolute Gasteiger partial charge is 0.413 e. The van der Waals surface area contributed by atoms with Gasteiger partial charge >= 0.3 is 19.8 Å². The van der Waals surface area contributed by atoms with Gasteiger partial charge in [-0.05, 0) is 146 Å². The number of para-hydroxylation sites is 2. The maximum Gasteiger partial charge on any atom is 0.413 e. The molecule has 2 unspecified atom stereocenters. The number of ether oxygens (including phenoxy) is 10. The molecule has 2 amide bonds. The number of carbonyl (C=O) groups is 2. The highest BCUT2D eigenvalue weighted by Gasteiger charge is 2.46. The lowest BCUT2D eigenvalue weighted by atomic mass is 10.0. The van der Waals surface area contributed by atoms with Gasteiger partial charge in [0.05, 0.1) is 86.6 Å². The van der Waals surface area contributed by atoms with E-state index in [2.05, 4.69) is 10.6 Å². The van der Waals surface area contributed by atoms with Gasteiger partial charge in [0.25, 0.3) is 7.37 Å². The molecule has 0 aliphatic carbocycles. The van der Waals surface area contributed by atoms with E-state index < -0.39 is 103 Å². The van der Waals surface area contributed by atoms with Crippen molar-refractivity contribution in [2.24, 2.45) is 23.7 Å². The second kappa shape index (κ2) is 38.1. The fourth-order valence-corrected chi connectivity index (χ4v) is 16.9. The average molecular weight is 1620 g/mol. The maximum absolute atomic E-state index is 13.8. The van der Waals surface area contributed by atoms with Gasteiger partial charge < -0.3 is 82.2 Å². The quantitative estimate of drug-likeness (QED) is 0.0185. The molecule has 564 valence electrons.